The molecular weight excluding hydrogens is 605 g/mol. The fourth-order valence-electron chi connectivity index (χ4n) is 5.62. The van der Waals surface area contributed by atoms with E-state index in [4.69, 9.17) is 15.2 Å². The van der Waals surface area contributed by atoms with Crippen molar-refractivity contribution in [2.45, 2.75) is 75.0 Å². The minimum Gasteiger partial charge on any atom is -0.443 e. The number of ether oxygens (including phenoxy) is 2. The number of carbonyl (C=O) groups excluding carboxylic acids is 2. The highest BCUT2D eigenvalue weighted by atomic mass is 32.2. The number of aromatic nitrogens is 2. The second-order valence-electron chi connectivity index (χ2n) is 12.3. The lowest BCUT2D eigenvalue weighted by Gasteiger charge is -2.47. The Kier molecular flexibility index (Phi) is 9.25. The molecule has 3 heterocycles. The third kappa shape index (κ3) is 7.54. The van der Waals surface area contributed by atoms with Crippen LogP contribution in [0.1, 0.15) is 63.1 Å². The molecule has 14 heteroatoms. The third-order valence-corrected chi connectivity index (χ3v) is 10.8. The van der Waals surface area contributed by atoms with Crippen molar-refractivity contribution < 1.29 is 27.5 Å². The van der Waals surface area contributed by atoms with Crippen LogP contribution in [-0.4, -0.2) is 54.9 Å². The number of hydrogen-bond donors (Lipinski definition) is 4. The largest absolute Gasteiger partial charge is 0.443 e. The van der Waals surface area contributed by atoms with Crippen molar-refractivity contribution in [3.8, 4) is 10.4 Å². The van der Waals surface area contributed by atoms with Gasteiger partial charge in [-0.05, 0) is 70.7 Å². The van der Waals surface area contributed by atoms with Gasteiger partial charge in [-0.1, -0.05) is 12.1 Å². The molecule has 1 saturated heterocycles. The second-order valence-corrected chi connectivity index (χ2v) is 15.0. The van der Waals surface area contributed by atoms with Crippen LogP contribution >= 0.6 is 11.3 Å². The first-order chi connectivity index (χ1) is 20.8. The molecule has 0 bridgehead atoms. The number of urea groups is 1. The van der Waals surface area contributed by atoms with Crippen molar-refractivity contribution in [1.29, 1.82) is 0 Å². The number of amides is 3. The summed E-state index contributed by atoms with van der Waals surface area (Å²) >= 11 is 1.44. The lowest BCUT2D eigenvalue weighted by molar-refractivity contribution is -0.160. The maximum atomic E-state index is 13.6. The van der Waals surface area contributed by atoms with E-state index in [9.17, 15) is 18.0 Å². The number of sulfonamides is 1. The van der Waals surface area contributed by atoms with Gasteiger partial charge in [0.25, 0.3) is 0 Å². The number of anilines is 1. The molecule has 0 unspecified atom stereocenters. The molecule has 5 N–H and O–H groups in total. The van der Waals surface area contributed by atoms with Gasteiger partial charge >= 0.3 is 12.1 Å². The number of nitrogens with one attached hydrogen (secondary N) is 3. The Balaban J connectivity index is 1.36. The Morgan fingerprint density at radius 3 is 2.50 bits per heavy atom. The summed E-state index contributed by atoms with van der Waals surface area (Å²) in [7, 11) is -3.98. The van der Waals surface area contributed by atoms with Crippen LogP contribution < -0.4 is 21.1 Å². The van der Waals surface area contributed by atoms with Gasteiger partial charge in [0, 0.05) is 41.0 Å². The molecule has 5 rings (SSSR count). The molecule has 236 valence electrons. The topological polar surface area (TPSA) is 175 Å². The van der Waals surface area contributed by atoms with E-state index in [1.165, 1.54) is 17.4 Å². The first-order valence-corrected chi connectivity index (χ1v) is 16.8. The lowest BCUT2D eigenvalue weighted by Crippen LogP contribution is -2.53. The summed E-state index contributed by atoms with van der Waals surface area (Å²) in [5, 5.41) is 6.35. The van der Waals surface area contributed by atoms with E-state index in [1.54, 1.807) is 57.4 Å². The first kappa shape index (κ1) is 31.8. The number of nitrogens with two attached hydrogens (primary N) is 1. The lowest BCUT2D eigenvalue weighted by atomic mass is 9.71. The minimum atomic E-state index is -3.98. The average molecular weight is 643 g/mol. The highest BCUT2D eigenvalue weighted by Gasteiger charge is 2.48. The smallest absolute Gasteiger partial charge is 0.405 e. The second kappa shape index (κ2) is 12.8. The standard InChI is InChI=1S/C30H38N6O6S2/c1-29(2,3)36-44(39,40)25-14-21(35-28(38)34-15-22-6-4-5-13-32-22)7-8-23(25)24-16-33-26(43-24)19-9-11-30(12-10-19,42-27(31)37)20-17-41-18-20/h4-8,13-14,16,19-20,36H,9-12,15,17-18H2,1-3H3,(H2,31,37)(H2,34,35,38). The van der Waals surface area contributed by atoms with Gasteiger partial charge in [-0.25, -0.2) is 27.7 Å². The van der Waals surface area contributed by atoms with Crippen LogP contribution in [0, 0.1) is 5.92 Å². The Morgan fingerprint density at radius 1 is 1.14 bits per heavy atom. The molecule has 2 fully saturated rings. The Hall–Kier alpha value is -3.59. The molecule has 0 spiro atoms. The van der Waals surface area contributed by atoms with Gasteiger partial charge in [0.2, 0.25) is 10.0 Å². The highest BCUT2D eigenvalue weighted by molar-refractivity contribution is 7.89. The molecule has 1 saturated carbocycles. The summed E-state index contributed by atoms with van der Waals surface area (Å²) in [6, 6.07) is 9.74. The Morgan fingerprint density at radius 2 is 1.89 bits per heavy atom. The molecule has 2 aliphatic rings. The Labute approximate surface area is 261 Å². The zero-order valence-electron chi connectivity index (χ0n) is 25.0. The summed E-state index contributed by atoms with van der Waals surface area (Å²) in [4.78, 5) is 33.9. The van der Waals surface area contributed by atoms with Gasteiger partial charge in [-0.2, -0.15) is 0 Å². The average Bonchev–Trinajstić information content (AvgIpc) is 3.40. The van der Waals surface area contributed by atoms with Crippen LogP contribution in [0.15, 0.2) is 53.7 Å². The predicted octanol–water partition coefficient (Wildman–Crippen LogP) is 4.74. The summed E-state index contributed by atoms with van der Waals surface area (Å²) in [5.41, 5.74) is 5.56. The minimum absolute atomic E-state index is 0.0349. The number of hydrogen-bond acceptors (Lipinski definition) is 9. The monoisotopic (exact) mass is 642 g/mol. The fourth-order valence-corrected chi connectivity index (χ4v) is 8.48. The number of rotatable bonds is 9. The van der Waals surface area contributed by atoms with E-state index >= 15 is 0 Å². The van der Waals surface area contributed by atoms with E-state index < -0.39 is 33.3 Å². The summed E-state index contributed by atoms with van der Waals surface area (Å²) < 4.78 is 41.0. The van der Waals surface area contributed by atoms with Crippen molar-refractivity contribution in [1.82, 2.24) is 20.0 Å². The van der Waals surface area contributed by atoms with Crippen molar-refractivity contribution in [3.63, 3.8) is 0 Å². The predicted molar refractivity (Wildman–Crippen MR) is 167 cm³/mol. The van der Waals surface area contributed by atoms with Crippen molar-refractivity contribution in [2.24, 2.45) is 11.7 Å². The van der Waals surface area contributed by atoms with E-state index in [1.807, 2.05) is 6.07 Å². The quantitative estimate of drug-likeness (QED) is 0.259. The maximum absolute atomic E-state index is 13.6. The molecule has 2 aromatic heterocycles. The SMILES string of the molecule is CC(C)(C)NS(=O)(=O)c1cc(NC(=O)NCc2ccccn2)ccc1-c1cnc(C2CCC(OC(N)=O)(C3COC3)CC2)s1. The van der Waals surface area contributed by atoms with E-state index in [0.717, 1.165) is 17.8 Å². The van der Waals surface area contributed by atoms with Gasteiger partial charge in [-0.15, -0.1) is 11.3 Å². The zero-order chi connectivity index (χ0) is 31.5. The number of nitrogens with zero attached hydrogens (tertiary/aromatic N) is 2. The van der Waals surface area contributed by atoms with Gasteiger partial charge in [0.05, 0.1) is 40.2 Å². The number of thiazole rings is 1. The molecule has 3 amide bonds. The van der Waals surface area contributed by atoms with Crippen LogP contribution in [0.2, 0.25) is 0 Å². The fraction of sp³-hybridized carbons (Fsp3) is 0.467. The molecule has 1 aliphatic carbocycles. The third-order valence-electron chi connectivity index (χ3n) is 7.78. The van der Waals surface area contributed by atoms with Gasteiger partial charge in [0.15, 0.2) is 0 Å². The molecule has 1 aliphatic heterocycles. The van der Waals surface area contributed by atoms with E-state index in [0.29, 0.717) is 47.9 Å². The van der Waals surface area contributed by atoms with Crippen LogP contribution in [0.5, 0.6) is 0 Å². The van der Waals surface area contributed by atoms with Crippen molar-refractivity contribution >= 4 is 39.2 Å². The van der Waals surface area contributed by atoms with Crippen molar-refractivity contribution in [2.75, 3.05) is 18.5 Å². The molecule has 0 atom stereocenters. The van der Waals surface area contributed by atoms with Crippen LogP contribution in [-0.2, 0) is 26.0 Å². The molecule has 44 heavy (non-hydrogen) atoms. The van der Waals surface area contributed by atoms with Crippen LogP contribution in [0.25, 0.3) is 10.4 Å². The van der Waals surface area contributed by atoms with Crippen LogP contribution in [0.4, 0.5) is 15.3 Å². The van der Waals surface area contributed by atoms with Gasteiger partial charge < -0.3 is 25.8 Å². The highest BCUT2D eigenvalue weighted by Crippen LogP contribution is 2.47. The molecule has 0 radical (unpaired) electrons. The molecular formula is C30H38N6O6S2. The van der Waals surface area contributed by atoms with E-state index in [-0.39, 0.29) is 23.3 Å². The molecule has 1 aromatic carbocycles. The number of primary amides is 1. The first-order valence-electron chi connectivity index (χ1n) is 14.5. The number of pyridine rings is 1. The van der Waals surface area contributed by atoms with Crippen molar-refractivity contribution in [3.05, 3.63) is 59.5 Å². The molecule has 3 aromatic rings. The summed E-state index contributed by atoms with van der Waals surface area (Å²) in [5.74, 6) is 0.269. The maximum Gasteiger partial charge on any atom is 0.405 e. The Bertz CT molecular complexity index is 1590. The van der Waals surface area contributed by atoms with E-state index in [2.05, 4.69) is 25.3 Å². The van der Waals surface area contributed by atoms with Crippen LogP contribution in [0.3, 0.4) is 0 Å². The molecule has 12 nitrogen and oxygen atoms in total. The van der Waals surface area contributed by atoms with Gasteiger partial charge in [0.1, 0.15) is 5.60 Å². The number of benzene rings is 1. The summed E-state index contributed by atoms with van der Waals surface area (Å²) in [6.45, 7) is 6.62. The summed E-state index contributed by atoms with van der Waals surface area (Å²) in [6.07, 6.45) is 5.38. The normalized spacial score (nSPS) is 20.8. The number of carbonyl (C=O) groups is 2. The zero-order valence-corrected chi connectivity index (χ0v) is 26.6. The van der Waals surface area contributed by atoms with Gasteiger partial charge in [-0.3, -0.25) is 4.98 Å².